The fraction of sp³-hybridized carbons (Fsp3) is 0.692. The fourth-order valence-corrected chi connectivity index (χ4v) is 1.30. The van der Waals surface area contributed by atoms with Crippen molar-refractivity contribution in [2.75, 3.05) is 25.1 Å². The van der Waals surface area contributed by atoms with Gasteiger partial charge in [0.1, 0.15) is 6.61 Å². The Labute approximate surface area is 109 Å². The summed E-state index contributed by atoms with van der Waals surface area (Å²) in [5, 5.41) is 3.06. The number of hydrogen-bond donors (Lipinski definition) is 1. The predicted octanol–water partition coefficient (Wildman–Crippen LogP) is 2.41. The summed E-state index contributed by atoms with van der Waals surface area (Å²) in [6, 6.07) is 0. The summed E-state index contributed by atoms with van der Waals surface area (Å²) in [5.41, 5.74) is 0.784. The molecular formula is C13H23N3O2. The maximum atomic E-state index is 5.60. The lowest BCUT2D eigenvalue weighted by molar-refractivity contribution is -0.0168. The second-order valence-corrected chi connectivity index (χ2v) is 5.02. The van der Waals surface area contributed by atoms with Gasteiger partial charge in [0.05, 0.1) is 12.2 Å². The SMILES string of the molecule is CCNc1ncc(C)c(OCCOC(C)(C)C)n1. The highest BCUT2D eigenvalue weighted by Gasteiger charge is 2.10. The number of rotatable bonds is 6. The van der Waals surface area contributed by atoms with Gasteiger partial charge in [-0.15, -0.1) is 0 Å². The van der Waals surface area contributed by atoms with Gasteiger partial charge in [0.15, 0.2) is 0 Å². The smallest absolute Gasteiger partial charge is 0.225 e. The van der Waals surface area contributed by atoms with Gasteiger partial charge in [-0.25, -0.2) is 4.98 Å². The van der Waals surface area contributed by atoms with Crippen LogP contribution in [0, 0.1) is 6.92 Å². The van der Waals surface area contributed by atoms with Gasteiger partial charge in [-0.2, -0.15) is 4.98 Å². The molecule has 0 fully saturated rings. The molecule has 0 bridgehead atoms. The van der Waals surface area contributed by atoms with E-state index < -0.39 is 0 Å². The van der Waals surface area contributed by atoms with E-state index in [2.05, 4.69) is 15.3 Å². The van der Waals surface area contributed by atoms with Crippen molar-refractivity contribution in [1.82, 2.24) is 9.97 Å². The Morgan fingerprint density at radius 1 is 1.28 bits per heavy atom. The first kappa shape index (κ1) is 14.7. The molecule has 1 N–H and O–H groups in total. The van der Waals surface area contributed by atoms with Gasteiger partial charge in [0, 0.05) is 18.3 Å². The predicted molar refractivity (Wildman–Crippen MR) is 72.1 cm³/mol. The third-order valence-electron chi connectivity index (χ3n) is 2.12. The molecule has 1 aromatic heterocycles. The molecule has 0 spiro atoms. The van der Waals surface area contributed by atoms with Crippen molar-refractivity contribution in [1.29, 1.82) is 0 Å². The Kier molecular flexibility index (Phi) is 5.34. The van der Waals surface area contributed by atoms with Gasteiger partial charge in [0.2, 0.25) is 11.8 Å². The molecular weight excluding hydrogens is 230 g/mol. The van der Waals surface area contributed by atoms with Crippen LogP contribution in [0.3, 0.4) is 0 Å². The number of nitrogens with one attached hydrogen (secondary N) is 1. The monoisotopic (exact) mass is 253 g/mol. The zero-order valence-electron chi connectivity index (χ0n) is 11.9. The lowest BCUT2D eigenvalue weighted by Gasteiger charge is -2.19. The topological polar surface area (TPSA) is 56.3 Å². The minimum atomic E-state index is -0.140. The Morgan fingerprint density at radius 3 is 2.61 bits per heavy atom. The summed E-state index contributed by atoms with van der Waals surface area (Å²) in [5.74, 6) is 1.20. The molecule has 0 aliphatic rings. The lowest BCUT2D eigenvalue weighted by Crippen LogP contribution is -2.22. The minimum Gasteiger partial charge on any atom is -0.475 e. The Balaban J connectivity index is 2.48. The van der Waals surface area contributed by atoms with E-state index >= 15 is 0 Å². The molecule has 18 heavy (non-hydrogen) atoms. The maximum absolute atomic E-state index is 5.60. The van der Waals surface area contributed by atoms with E-state index in [0.717, 1.165) is 12.1 Å². The highest BCUT2D eigenvalue weighted by Crippen LogP contribution is 2.15. The van der Waals surface area contributed by atoms with Crippen LogP contribution in [0.5, 0.6) is 5.88 Å². The third-order valence-corrected chi connectivity index (χ3v) is 2.12. The molecule has 0 aliphatic carbocycles. The van der Waals surface area contributed by atoms with Gasteiger partial charge in [-0.1, -0.05) is 0 Å². The average Bonchev–Trinajstić information content (AvgIpc) is 2.27. The van der Waals surface area contributed by atoms with E-state index in [1.165, 1.54) is 0 Å². The van der Waals surface area contributed by atoms with Crippen LogP contribution in [-0.2, 0) is 4.74 Å². The summed E-state index contributed by atoms with van der Waals surface area (Å²) in [6.45, 7) is 11.8. The summed E-state index contributed by atoms with van der Waals surface area (Å²) in [7, 11) is 0. The molecule has 5 nitrogen and oxygen atoms in total. The first-order valence-electron chi connectivity index (χ1n) is 6.26. The van der Waals surface area contributed by atoms with Crippen molar-refractivity contribution in [3.8, 4) is 5.88 Å². The Morgan fingerprint density at radius 2 is 2.00 bits per heavy atom. The number of aromatic nitrogens is 2. The van der Waals surface area contributed by atoms with Gasteiger partial charge in [-0.3, -0.25) is 0 Å². The number of hydrogen-bond acceptors (Lipinski definition) is 5. The molecule has 1 rings (SSSR count). The molecule has 0 saturated heterocycles. The minimum absolute atomic E-state index is 0.140. The molecule has 0 aliphatic heterocycles. The van der Waals surface area contributed by atoms with Crippen molar-refractivity contribution in [2.24, 2.45) is 0 Å². The number of anilines is 1. The average molecular weight is 253 g/mol. The second kappa shape index (κ2) is 6.54. The van der Waals surface area contributed by atoms with Crippen LogP contribution >= 0.6 is 0 Å². The Bertz CT molecular complexity index is 375. The van der Waals surface area contributed by atoms with E-state index in [-0.39, 0.29) is 5.60 Å². The molecule has 102 valence electrons. The standard InChI is InChI=1S/C13H23N3O2/c1-6-14-12-15-9-10(2)11(16-12)17-7-8-18-13(3,4)5/h9H,6-8H2,1-5H3,(H,14,15,16). The second-order valence-electron chi connectivity index (χ2n) is 5.02. The van der Waals surface area contributed by atoms with Gasteiger partial charge >= 0.3 is 0 Å². The van der Waals surface area contributed by atoms with Crippen LogP contribution in [-0.4, -0.2) is 35.3 Å². The molecule has 0 unspecified atom stereocenters. The van der Waals surface area contributed by atoms with E-state index in [1.54, 1.807) is 6.20 Å². The molecule has 0 saturated carbocycles. The zero-order valence-corrected chi connectivity index (χ0v) is 11.9. The first-order valence-corrected chi connectivity index (χ1v) is 6.26. The highest BCUT2D eigenvalue weighted by molar-refractivity contribution is 5.32. The van der Waals surface area contributed by atoms with Crippen LogP contribution < -0.4 is 10.1 Å². The Hall–Kier alpha value is -1.36. The normalized spacial score (nSPS) is 11.4. The van der Waals surface area contributed by atoms with Crippen LogP contribution in [0.25, 0.3) is 0 Å². The lowest BCUT2D eigenvalue weighted by atomic mass is 10.2. The van der Waals surface area contributed by atoms with Crippen LogP contribution in [0.15, 0.2) is 6.20 Å². The van der Waals surface area contributed by atoms with E-state index in [1.807, 2.05) is 34.6 Å². The molecule has 1 heterocycles. The fourth-order valence-electron chi connectivity index (χ4n) is 1.30. The van der Waals surface area contributed by atoms with Crippen molar-refractivity contribution in [3.05, 3.63) is 11.8 Å². The van der Waals surface area contributed by atoms with Crippen LogP contribution in [0.4, 0.5) is 5.95 Å². The number of nitrogens with zero attached hydrogens (tertiary/aromatic N) is 2. The molecule has 0 amide bonds. The van der Waals surface area contributed by atoms with Gasteiger partial charge in [0.25, 0.3) is 0 Å². The van der Waals surface area contributed by atoms with Gasteiger partial charge in [-0.05, 0) is 34.6 Å². The zero-order chi connectivity index (χ0) is 13.6. The molecule has 1 aromatic rings. The quantitative estimate of drug-likeness (QED) is 0.789. The maximum Gasteiger partial charge on any atom is 0.225 e. The van der Waals surface area contributed by atoms with Crippen LogP contribution in [0.1, 0.15) is 33.3 Å². The van der Waals surface area contributed by atoms with Crippen molar-refractivity contribution in [3.63, 3.8) is 0 Å². The van der Waals surface area contributed by atoms with E-state index in [0.29, 0.717) is 25.0 Å². The van der Waals surface area contributed by atoms with Crippen molar-refractivity contribution < 1.29 is 9.47 Å². The van der Waals surface area contributed by atoms with Crippen molar-refractivity contribution in [2.45, 2.75) is 40.2 Å². The van der Waals surface area contributed by atoms with Crippen LogP contribution in [0.2, 0.25) is 0 Å². The largest absolute Gasteiger partial charge is 0.475 e. The van der Waals surface area contributed by atoms with Crippen molar-refractivity contribution >= 4 is 5.95 Å². The molecule has 5 heteroatoms. The number of ether oxygens (including phenoxy) is 2. The highest BCUT2D eigenvalue weighted by atomic mass is 16.5. The summed E-state index contributed by atoms with van der Waals surface area (Å²) < 4.78 is 11.2. The van der Waals surface area contributed by atoms with E-state index in [9.17, 15) is 0 Å². The third kappa shape index (κ3) is 5.31. The van der Waals surface area contributed by atoms with E-state index in [4.69, 9.17) is 9.47 Å². The van der Waals surface area contributed by atoms with Gasteiger partial charge < -0.3 is 14.8 Å². The molecule has 0 aromatic carbocycles. The first-order chi connectivity index (χ1) is 8.42. The summed E-state index contributed by atoms with van der Waals surface area (Å²) in [6.07, 6.45) is 1.75. The molecule has 0 atom stereocenters. The number of aryl methyl sites for hydroxylation is 1. The summed E-state index contributed by atoms with van der Waals surface area (Å²) in [4.78, 5) is 8.46. The molecule has 0 radical (unpaired) electrons. The summed E-state index contributed by atoms with van der Waals surface area (Å²) >= 11 is 0.